The van der Waals surface area contributed by atoms with Gasteiger partial charge in [0.15, 0.2) is 28.4 Å². The number of hydrogen-bond donors (Lipinski definition) is 3. The molecule has 0 bridgehead atoms. The van der Waals surface area contributed by atoms with Crippen LogP contribution in [0, 0.1) is 0 Å². The fourth-order valence-corrected chi connectivity index (χ4v) is 3.63. The lowest BCUT2D eigenvalue weighted by atomic mass is 10.1. The van der Waals surface area contributed by atoms with Gasteiger partial charge in [-0.25, -0.2) is 15.0 Å². The highest BCUT2D eigenvalue weighted by Gasteiger charge is 2.46. The number of imidazole rings is 1. The summed E-state index contributed by atoms with van der Waals surface area (Å²) < 4.78 is 13.0. The summed E-state index contributed by atoms with van der Waals surface area (Å²) in [6.07, 6.45) is -1.69. The lowest BCUT2D eigenvalue weighted by molar-refractivity contribution is -0.0623. The van der Waals surface area contributed by atoms with Crippen LogP contribution in [-0.2, 0) is 9.47 Å². The second-order valence-electron chi connectivity index (χ2n) is 5.80. The number of thioether (sulfide) groups is 1. The van der Waals surface area contributed by atoms with Gasteiger partial charge in [-0.05, 0) is 0 Å². The molecule has 4 atom stereocenters. The highest BCUT2D eigenvalue weighted by Crippen LogP contribution is 2.38. The maximum atomic E-state index is 10.3. The number of fused-ring (bicyclic) bond motifs is 1. The van der Waals surface area contributed by atoms with Crippen LogP contribution in [0.2, 0.25) is 0 Å². The molecular weight excluding hydrogens is 334 g/mol. The van der Waals surface area contributed by atoms with Crippen molar-refractivity contribution in [2.45, 2.75) is 48.8 Å². The van der Waals surface area contributed by atoms with E-state index in [1.165, 1.54) is 25.2 Å². The van der Waals surface area contributed by atoms with Gasteiger partial charge in [0.05, 0.1) is 6.61 Å². The molecular formula is C14H21N5O4S. The number of aromatic nitrogens is 4. The van der Waals surface area contributed by atoms with Crippen LogP contribution < -0.4 is 5.73 Å². The normalized spacial score (nSPS) is 27.4. The Morgan fingerprint density at radius 3 is 2.83 bits per heavy atom. The van der Waals surface area contributed by atoms with Crippen LogP contribution in [0.25, 0.3) is 11.2 Å². The molecule has 4 N–H and O–H groups in total. The topological polar surface area (TPSA) is 129 Å². The molecule has 2 aromatic rings. The zero-order chi connectivity index (χ0) is 17.4. The van der Waals surface area contributed by atoms with Crippen molar-refractivity contribution in [3.63, 3.8) is 0 Å². The molecule has 2 aromatic heterocycles. The Balaban J connectivity index is 2.14. The zero-order valence-electron chi connectivity index (χ0n) is 13.7. The Kier molecular flexibility index (Phi) is 4.92. The molecule has 1 aliphatic rings. The summed E-state index contributed by atoms with van der Waals surface area (Å²) in [5.41, 5.74) is 6.89. The standard InChI is InChI=1S/C14H21N5O4S/c1-6(2)24-14-18-8-11(15)16-5-17-12(8)19(14)13-10(22-3)9(21)7(4-20)23-13/h5-7,9-10,13,20-21H,4H2,1-3H3,(H2,15,16,17)/t7-,9-,10-,13-/m1/s1. The van der Waals surface area contributed by atoms with Crippen molar-refractivity contribution >= 4 is 28.7 Å². The quantitative estimate of drug-likeness (QED) is 0.643. The molecule has 0 spiro atoms. The minimum Gasteiger partial charge on any atom is -0.394 e. The largest absolute Gasteiger partial charge is 0.394 e. The Hall–Kier alpha value is -1.46. The molecule has 132 valence electrons. The maximum absolute atomic E-state index is 10.3. The molecule has 0 radical (unpaired) electrons. The molecule has 0 aliphatic carbocycles. The van der Waals surface area contributed by atoms with Crippen molar-refractivity contribution in [2.24, 2.45) is 0 Å². The van der Waals surface area contributed by atoms with Gasteiger partial charge in [0, 0.05) is 12.4 Å². The third-order valence-electron chi connectivity index (χ3n) is 3.83. The van der Waals surface area contributed by atoms with Gasteiger partial charge in [-0.3, -0.25) is 4.57 Å². The first-order valence-corrected chi connectivity index (χ1v) is 8.48. The van der Waals surface area contributed by atoms with Crippen molar-refractivity contribution < 1.29 is 19.7 Å². The van der Waals surface area contributed by atoms with Gasteiger partial charge in [0.2, 0.25) is 0 Å². The van der Waals surface area contributed by atoms with Crippen molar-refractivity contribution in [1.82, 2.24) is 19.5 Å². The number of anilines is 1. The lowest BCUT2D eigenvalue weighted by Crippen LogP contribution is -2.34. The summed E-state index contributed by atoms with van der Waals surface area (Å²) >= 11 is 1.52. The van der Waals surface area contributed by atoms with Crippen molar-refractivity contribution in [3.05, 3.63) is 6.33 Å². The average molecular weight is 355 g/mol. The van der Waals surface area contributed by atoms with Crippen molar-refractivity contribution in [2.75, 3.05) is 19.5 Å². The predicted molar refractivity (Wildman–Crippen MR) is 88.5 cm³/mol. The van der Waals surface area contributed by atoms with Gasteiger partial charge >= 0.3 is 0 Å². The number of nitrogen functional groups attached to an aromatic ring is 1. The zero-order valence-corrected chi connectivity index (χ0v) is 14.5. The van der Waals surface area contributed by atoms with E-state index in [0.29, 0.717) is 16.3 Å². The molecule has 3 rings (SSSR count). The Bertz CT molecular complexity index is 724. The van der Waals surface area contributed by atoms with E-state index < -0.39 is 24.5 Å². The van der Waals surface area contributed by atoms with Crippen LogP contribution in [0.5, 0.6) is 0 Å². The summed E-state index contributed by atoms with van der Waals surface area (Å²) in [5.74, 6) is 0.274. The molecule has 1 fully saturated rings. The van der Waals surface area contributed by atoms with Crippen molar-refractivity contribution in [3.8, 4) is 0 Å². The van der Waals surface area contributed by atoms with Crippen LogP contribution >= 0.6 is 11.8 Å². The first-order chi connectivity index (χ1) is 11.5. The number of nitrogens with two attached hydrogens (primary N) is 1. The molecule has 0 saturated carbocycles. The van der Waals surface area contributed by atoms with Gasteiger partial charge in [0.1, 0.15) is 24.6 Å². The maximum Gasteiger partial charge on any atom is 0.172 e. The van der Waals surface area contributed by atoms with E-state index in [1.54, 1.807) is 4.57 Å². The van der Waals surface area contributed by atoms with Crippen LogP contribution in [0.1, 0.15) is 20.1 Å². The second-order valence-corrected chi connectivity index (χ2v) is 7.34. The first-order valence-electron chi connectivity index (χ1n) is 7.60. The average Bonchev–Trinajstić information content (AvgIpc) is 3.04. The van der Waals surface area contributed by atoms with E-state index in [9.17, 15) is 10.2 Å². The Labute approximate surface area is 143 Å². The van der Waals surface area contributed by atoms with Crippen LogP contribution in [-0.4, -0.2) is 67.0 Å². The smallest absolute Gasteiger partial charge is 0.172 e. The fraction of sp³-hybridized carbons (Fsp3) is 0.643. The summed E-state index contributed by atoms with van der Waals surface area (Å²) in [5, 5.41) is 20.6. The van der Waals surface area contributed by atoms with Gasteiger partial charge in [-0.1, -0.05) is 25.6 Å². The number of hydrogen-bond acceptors (Lipinski definition) is 9. The van der Waals surface area contributed by atoms with E-state index in [0.717, 1.165) is 0 Å². The molecule has 24 heavy (non-hydrogen) atoms. The van der Waals surface area contributed by atoms with Gasteiger partial charge in [-0.2, -0.15) is 0 Å². The number of nitrogens with zero attached hydrogens (tertiary/aromatic N) is 4. The molecule has 10 heteroatoms. The molecule has 0 unspecified atom stereocenters. The summed E-state index contributed by atoms with van der Waals surface area (Å²) in [7, 11) is 1.49. The molecule has 1 aliphatic heterocycles. The minimum absolute atomic E-state index is 0.260. The SMILES string of the molecule is CO[C@@H]1[C@H](O)[C@@H](CO)O[C@H]1n1c(SC(C)C)nc2c(N)ncnc21. The van der Waals surface area contributed by atoms with E-state index in [1.807, 2.05) is 13.8 Å². The Morgan fingerprint density at radius 1 is 1.46 bits per heavy atom. The molecule has 1 saturated heterocycles. The molecule has 0 amide bonds. The number of rotatable bonds is 5. The third kappa shape index (κ3) is 2.84. The van der Waals surface area contributed by atoms with E-state index in [2.05, 4.69) is 15.0 Å². The molecule has 9 nitrogen and oxygen atoms in total. The van der Waals surface area contributed by atoms with Crippen LogP contribution in [0.3, 0.4) is 0 Å². The fourth-order valence-electron chi connectivity index (χ4n) is 2.76. The Morgan fingerprint density at radius 2 is 2.21 bits per heavy atom. The third-order valence-corrected chi connectivity index (χ3v) is 4.80. The second kappa shape index (κ2) is 6.81. The van der Waals surface area contributed by atoms with Crippen molar-refractivity contribution in [1.29, 1.82) is 0 Å². The van der Waals surface area contributed by atoms with Gasteiger partial charge in [-0.15, -0.1) is 0 Å². The summed E-state index contributed by atoms with van der Waals surface area (Å²) in [4.78, 5) is 12.8. The van der Waals surface area contributed by atoms with Crippen LogP contribution in [0.4, 0.5) is 5.82 Å². The molecule has 3 heterocycles. The number of methoxy groups -OCH3 is 1. The lowest BCUT2D eigenvalue weighted by Gasteiger charge is -2.22. The van der Waals surface area contributed by atoms with Gasteiger partial charge in [0.25, 0.3) is 0 Å². The predicted octanol–water partition coefficient (Wildman–Crippen LogP) is 0.175. The molecule has 0 aromatic carbocycles. The van der Waals surface area contributed by atoms with E-state index >= 15 is 0 Å². The van der Waals surface area contributed by atoms with Crippen LogP contribution in [0.15, 0.2) is 11.5 Å². The number of aliphatic hydroxyl groups excluding tert-OH is 2. The summed E-state index contributed by atoms with van der Waals surface area (Å²) in [6.45, 7) is 3.77. The van der Waals surface area contributed by atoms with E-state index in [-0.39, 0.29) is 17.7 Å². The van der Waals surface area contributed by atoms with E-state index in [4.69, 9.17) is 15.2 Å². The minimum atomic E-state index is -0.960. The van der Waals surface area contributed by atoms with Gasteiger partial charge < -0.3 is 25.4 Å². The monoisotopic (exact) mass is 355 g/mol. The summed E-state index contributed by atoms with van der Waals surface area (Å²) in [6, 6.07) is 0. The first kappa shape index (κ1) is 17.4. The highest BCUT2D eigenvalue weighted by molar-refractivity contribution is 7.99. The highest BCUT2D eigenvalue weighted by atomic mass is 32.2. The number of aliphatic hydroxyl groups is 2. The number of ether oxygens (including phenoxy) is 2.